The molecule has 0 spiro atoms. The Kier molecular flexibility index (Phi) is 2.81. The van der Waals surface area contributed by atoms with Crippen LogP contribution in [-0.2, 0) is 6.42 Å². The highest BCUT2D eigenvalue weighted by atomic mass is 79.9. The lowest BCUT2D eigenvalue weighted by atomic mass is 10.2. The van der Waals surface area contributed by atoms with Crippen molar-refractivity contribution < 1.29 is 0 Å². The second-order valence-electron chi connectivity index (χ2n) is 3.32. The van der Waals surface area contributed by atoms with Gasteiger partial charge in [-0.3, -0.25) is 0 Å². The van der Waals surface area contributed by atoms with Crippen LogP contribution in [0, 0.1) is 6.92 Å². The smallest absolute Gasteiger partial charge is 0.156 e. The molecule has 5 heteroatoms. The molecule has 0 N–H and O–H groups in total. The number of nitrogens with zero attached hydrogens (tertiary/aromatic N) is 4. The van der Waals surface area contributed by atoms with E-state index in [0.717, 1.165) is 22.4 Å². The molecule has 2 rings (SSSR count). The molecule has 0 aliphatic carbocycles. The molecule has 0 saturated carbocycles. The van der Waals surface area contributed by atoms with Crippen LogP contribution in [0.15, 0.2) is 22.7 Å². The topological polar surface area (TPSA) is 43.6 Å². The zero-order chi connectivity index (χ0) is 10.8. The van der Waals surface area contributed by atoms with E-state index < -0.39 is 0 Å². The lowest BCUT2D eigenvalue weighted by molar-refractivity contribution is 0.763. The van der Waals surface area contributed by atoms with Crippen LogP contribution in [-0.4, -0.2) is 20.2 Å². The summed E-state index contributed by atoms with van der Waals surface area (Å²) in [6.45, 7) is 4.08. The zero-order valence-corrected chi connectivity index (χ0v) is 10.2. The van der Waals surface area contributed by atoms with E-state index in [4.69, 9.17) is 0 Å². The van der Waals surface area contributed by atoms with Crippen LogP contribution in [0.2, 0.25) is 0 Å². The summed E-state index contributed by atoms with van der Waals surface area (Å²) in [5.74, 6) is 0.862. The molecular weight excluding hydrogens is 256 g/mol. The predicted octanol–water partition coefficient (Wildman–Crippen LogP) is 2.30. The van der Waals surface area contributed by atoms with E-state index in [1.807, 2.05) is 26.0 Å². The minimum absolute atomic E-state index is 0.813. The third-order valence-electron chi connectivity index (χ3n) is 2.18. The molecule has 78 valence electrons. The monoisotopic (exact) mass is 266 g/mol. The maximum Gasteiger partial charge on any atom is 0.156 e. The van der Waals surface area contributed by atoms with Crippen LogP contribution >= 0.6 is 15.9 Å². The van der Waals surface area contributed by atoms with Crippen molar-refractivity contribution in [3.05, 3.63) is 34.1 Å². The Morgan fingerprint density at radius 2 is 2.20 bits per heavy atom. The van der Waals surface area contributed by atoms with Crippen molar-refractivity contribution in [3.8, 4) is 5.69 Å². The van der Waals surface area contributed by atoms with E-state index in [-0.39, 0.29) is 0 Å². The normalized spacial score (nSPS) is 10.6. The van der Waals surface area contributed by atoms with Gasteiger partial charge in [-0.1, -0.05) is 13.0 Å². The SMILES string of the molecule is CCc1nnnn1-c1cc(C)ccc1Br. The first-order valence-electron chi connectivity index (χ1n) is 4.76. The van der Waals surface area contributed by atoms with Gasteiger partial charge in [-0.25, -0.2) is 0 Å². The molecule has 0 unspecified atom stereocenters. The molecule has 1 heterocycles. The number of rotatable bonds is 2. The van der Waals surface area contributed by atoms with Crippen molar-refractivity contribution >= 4 is 15.9 Å². The third kappa shape index (κ3) is 1.92. The van der Waals surface area contributed by atoms with E-state index in [1.165, 1.54) is 5.56 Å². The lowest BCUT2D eigenvalue weighted by Gasteiger charge is -2.06. The van der Waals surface area contributed by atoms with Crippen LogP contribution in [0.5, 0.6) is 0 Å². The minimum atomic E-state index is 0.813. The number of benzene rings is 1. The number of hydrogen-bond acceptors (Lipinski definition) is 3. The Bertz CT molecular complexity index is 478. The largest absolute Gasteiger partial charge is 0.196 e. The molecule has 0 bridgehead atoms. The number of aryl methyl sites for hydroxylation is 2. The van der Waals surface area contributed by atoms with E-state index in [9.17, 15) is 0 Å². The first-order chi connectivity index (χ1) is 7.22. The first kappa shape index (κ1) is 10.3. The Morgan fingerprint density at radius 3 is 2.93 bits per heavy atom. The van der Waals surface area contributed by atoms with Crippen LogP contribution < -0.4 is 0 Å². The standard InChI is InChI=1S/C10H11BrN4/c1-3-10-12-13-14-15(10)9-6-7(2)4-5-8(9)11/h4-6H,3H2,1-2H3. The van der Waals surface area contributed by atoms with Crippen molar-refractivity contribution in [1.82, 2.24) is 20.2 Å². The van der Waals surface area contributed by atoms with Gasteiger partial charge in [-0.05, 0) is 51.0 Å². The fraction of sp³-hybridized carbons (Fsp3) is 0.300. The van der Waals surface area contributed by atoms with Crippen LogP contribution in [0.3, 0.4) is 0 Å². The number of halogens is 1. The molecular formula is C10H11BrN4. The molecule has 2 aromatic rings. The lowest BCUT2D eigenvalue weighted by Crippen LogP contribution is -2.03. The molecule has 0 aliphatic heterocycles. The molecule has 0 aliphatic rings. The first-order valence-corrected chi connectivity index (χ1v) is 5.55. The molecule has 0 radical (unpaired) electrons. The Balaban J connectivity index is 2.58. The van der Waals surface area contributed by atoms with E-state index >= 15 is 0 Å². The van der Waals surface area contributed by atoms with Crippen molar-refractivity contribution in [2.45, 2.75) is 20.3 Å². The number of tetrazole rings is 1. The highest BCUT2D eigenvalue weighted by Gasteiger charge is 2.09. The van der Waals surface area contributed by atoms with Gasteiger partial charge in [0.2, 0.25) is 0 Å². The molecule has 15 heavy (non-hydrogen) atoms. The molecule has 4 nitrogen and oxygen atoms in total. The quantitative estimate of drug-likeness (QED) is 0.838. The maximum atomic E-state index is 3.98. The minimum Gasteiger partial charge on any atom is -0.196 e. The third-order valence-corrected chi connectivity index (χ3v) is 2.85. The maximum absolute atomic E-state index is 3.98. The molecule has 0 saturated heterocycles. The van der Waals surface area contributed by atoms with Crippen molar-refractivity contribution in [2.24, 2.45) is 0 Å². The van der Waals surface area contributed by atoms with Crippen molar-refractivity contribution in [1.29, 1.82) is 0 Å². The molecule has 0 amide bonds. The fourth-order valence-electron chi connectivity index (χ4n) is 1.40. The summed E-state index contributed by atoms with van der Waals surface area (Å²) in [6.07, 6.45) is 0.813. The van der Waals surface area contributed by atoms with E-state index in [0.29, 0.717) is 0 Å². The highest BCUT2D eigenvalue weighted by Crippen LogP contribution is 2.22. The van der Waals surface area contributed by atoms with Crippen LogP contribution in [0.25, 0.3) is 5.69 Å². The van der Waals surface area contributed by atoms with Crippen molar-refractivity contribution in [3.63, 3.8) is 0 Å². The van der Waals surface area contributed by atoms with Gasteiger partial charge in [0.1, 0.15) is 0 Å². The summed E-state index contributed by atoms with van der Waals surface area (Å²) in [5, 5.41) is 11.6. The van der Waals surface area contributed by atoms with E-state index in [2.05, 4.69) is 37.5 Å². The fourth-order valence-corrected chi connectivity index (χ4v) is 1.81. The Hall–Kier alpha value is -1.23. The molecule has 0 atom stereocenters. The summed E-state index contributed by atoms with van der Waals surface area (Å²) in [7, 11) is 0. The zero-order valence-electron chi connectivity index (χ0n) is 8.61. The van der Waals surface area contributed by atoms with Gasteiger partial charge < -0.3 is 0 Å². The van der Waals surface area contributed by atoms with Crippen LogP contribution in [0.4, 0.5) is 0 Å². The Labute approximate surface area is 96.4 Å². The van der Waals surface area contributed by atoms with Gasteiger partial charge in [0.25, 0.3) is 0 Å². The number of aromatic nitrogens is 4. The summed E-state index contributed by atoms with van der Waals surface area (Å²) < 4.78 is 2.76. The van der Waals surface area contributed by atoms with Gasteiger partial charge in [0.15, 0.2) is 5.82 Å². The Morgan fingerprint density at radius 1 is 1.40 bits per heavy atom. The molecule has 1 aromatic heterocycles. The summed E-state index contributed by atoms with van der Waals surface area (Å²) in [5.41, 5.74) is 2.17. The van der Waals surface area contributed by atoms with Gasteiger partial charge in [-0.15, -0.1) is 5.10 Å². The second kappa shape index (κ2) is 4.10. The van der Waals surface area contributed by atoms with Gasteiger partial charge in [-0.2, -0.15) is 4.68 Å². The predicted molar refractivity (Wildman–Crippen MR) is 61.0 cm³/mol. The highest BCUT2D eigenvalue weighted by molar-refractivity contribution is 9.10. The van der Waals surface area contributed by atoms with Gasteiger partial charge in [0, 0.05) is 10.9 Å². The average molecular weight is 267 g/mol. The average Bonchev–Trinajstić information content (AvgIpc) is 2.69. The van der Waals surface area contributed by atoms with Gasteiger partial charge in [0.05, 0.1) is 5.69 Å². The second-order valence-corrected chi connectivity index (χ2v) is 4.17. The molecule has 0 fully saturated rings. The summed E-state index contributed by atoms with van der Waals surface area (Å²) in [6, 6.07) is 6.11. The number of hydrogen-bond donors (Lipinski definition) is 0. The summed E-state index contributed by atoms with van der Waals surface area (Å²) in [4.78, 5) is 0. The van der Waals surface area contributed by atoms with Crippen molar-refractivity contribution in [2.75, 3.05) is 0 Å². The summed E-state index contributed by atoms with van der Waals surface area (Å²) >= 11 is 3.50. The van der Waals surface area contributed by atoms with E-state index in [1.54, 1.807) is 4.68 Å². The van der Waals surface area contributed by atoms with Crippen LogP contribution in [0.1, 0.15) is 18.3 Å². The van der Waals surface area contributed by atoms with Gasteiger partial charge >= 0.3 is 0 Å². The molecule has 1 aromatic carbocycles.